The SMILES string of the molecule is C/C(N)=N/c1cc(C)ns1. The van der Waals surface area contributed by atoms with Gasteiger partial charge in [0, 0.05) is 0 Å². The van der Waals surface area contributed by atoms with Gasteiger partial charge in [-0.15, -0.1) is 0 Å². The third-order valence-electron chi connectivity index (χ3n) is 0.902. The molecule has 0 fully saturated rings. The van der Waals surface area contributed by atoms with E-state index in [-0.39, 0.29) is 0 Å². The second-order valence-corrected chi connectivity index (χ2v) is 2.84. The Morgan fingerprint density at radius 2 is 2.50 bits per heavy atom. The Labute approximate surface area is 63.8 Å². The van der Waals surface area contributed by atoms with Gasteiger partial charge in [0.1, 0.15) is 5.00 Å². The first-order valence-electron chi connectivity index (χ1n) is 2.92. The Balaban J connectivity index is 2.86. The normalized spacial score (nSPS) is 12.0. The van der Waals surface area contributed by atoms with Crippen molar-refractivity contribution < 1.29 is 0 Å². The fraction of sp³-hybridized carbons (Fsp3) is 0.333. The van der Waals surface area contributed by atoms with E-state index in [1.165, 1.54) is 11.5 Å². The summed E-state index contributed by atoms with van der Waals surface area (Å²) in [6.45, 7) is 3.69. The summed E-state index contributed by atoms with van der Waals surface area (Å²) in [4.78, 5) is 4.03. The molecule has 54 valence electrons. The number of rotatable bonds is 1. The second kappa shape index (κ2) is 2.79. The maximum absolute atomic E-state index is 5.36. The number of hydrogen-bond acceptors (Lipinski definition) is 3. The Hall–Kier alpha value is -0.900. The van der Waals surface area contributed by atoms with E-state index in [4.69, 9.17) is 5.73 Å². The quantitative estimate of drug-likeness (QED) is 0.493. The Morgan fingerprint density at radius 1 is 1.80 bits per heavy atom. The molecule has 0 aliphatic rings. The van der Waals surface area contributed by atoms with Gasteiger partial charge in [-0.1, -0.05) is 0 Å². The van der Waals surface area contributed by atoms with Crippen molar-refractivity contribution in [3.8, 4) is 0 Å². The largest absolute Gasteiger partial charge is 0.387 e. The van der Waals surface area contributed by atoms with Gasteiger partial charge in [0.15, 0.2) is 0 Å². The minimum atomic E-state index is 0.573. The lowest BCUT2D eigenvalue weighted by molar-refractivity contribution is 1.34. The predicted molar refractivity (Wildman–Crippen MR) is 43.8 cm³/mol. The van der Waals surface area contributed by atoms with E-state index >= 15 is 0 Å². The molecule has 10 heavy (non-hydrogen) atoms. The average Bonchev–Trinajstić information content (AvgIpc) is 2.13. The lowest BCUT2D eigenvalue weighted by atomic mass is 10.5. The van der Waals surface area contributed by atoms with Gasteiger partial charge in [0.2, 0.25) is 0 Å². The van der Waals surface area contributed by atoms with Crippen LogP contribution in [0.1, 0.15) is 12.6 Å². The molecule has 4 heteroatoms. The van der Waals surface area contributed by atoms with Crippen LogP contribution in [0.2, 0.25) is 0 Å². The first-order valence-corrected chi connectivity index (χ1v) is 3.70. The van der Waals surface area contributed by atoms with Gasteiger partial charge in [-0.25, -0.2) is 4.99 Å². The Kier molecular flexibility index (Phi) is 2.01. The molecule has 0 aliphatic heterocycles. The van der Waals surface area contributed by atoms with E-state index in [0.717, 1.165) is 10.7 Å². The molecule has 0 atom stereocenters. The van der Waals surface area contributed by atoms with Crippen LogP contribution in [0.25, 0.3) is 0 Å². The molecule has 1 aromatic heterocycles. The fourth-order valence-corrected chi connectivity index (χ4v) is 1.27. The van der Waals surface area contributed by atoms with Crippen molar-refractivity contribution in [1.82, 2.24) is 4.37 Å². The number of aromatic nitrogens is 1. The van der Waals surface area contributed by atoms with Gasteiger partial charge < -0.3 is 5.73 Å². The van der Waals surface area contributed by atoms with Gasteiger partial charge in [-0.3, -0.25) is 0 Å². The minimum absolute atomic E-state index is 0.573. The molecule has 1 rings (SSSR count). The van der Waals surface area contributed by atoms with Gasteiger partial charge in [0.05, 0.1) is 11.5 Å². The smallest absolute Gasteiger partial charge is 0.138 e. The monoisotopic (exact) mass is 155 g/mol. The highest BCUT2D eigenvalue weighted by Gasteiger charge is 1.93. The lowest BCUT2D eigenvalue weighted by Crippen LogP contribution is -2.03. The lowest BCUT2D eigenvalue weighted by Gasteiger charge is -1.84. The topological polar surface area (TPSA) is 51.3 Å². The summed E-state index contributed by atoms with van der Waals surface area (Å²) < 4.78 is 4.05. The van der Waals surface area contributed by atoms with E-state index in [1.54, 1.807) is 6.92 Å². The van der Waals surface area contributed by atoms with Crippen molar-refractivity contribution in [2.75, 3.05) is 0 Å². The predicted octanol–water partition coefficient (Wildman–Crippen LogP) is 1.46. The molecule has 0 amide bonds. The van der Waals surface area contributed by atoms with Gasteiger partial charge in [0.25, 0.3) is 0 Å². The zero-order chi connectivity index (χ0) is 7.56. The highest BCUT2D eigenvalue weighted by Crippen LogP contribution is 2.18. The van der Waals surface area contributed by atoms with Crippen LogP contribution in [0, 0.1) is 6.92 Å². The molecule has 2 N–H and O–H groups in total. The van der Waals surface area contributed by atoms with E-state index in [9.17, 15) is 0 Å². The molecule has 1 aromatic rings. The Bertz CT molecular complexity index is 247. The third kappa shape index (κ3) is 1.80. The first kappa shape index (κ1) is 7.21. The molecule has 0 saturated heterocycles. The van der Waals surface area contributed by atoms with Crippen molar-refractivity contribution in [1.29, 1.82) is 0 Å². The number of hydrogen-bond donors (Lipinski definition) is 1. The van der Waals surface area contributed by atoms with Gasteiger partial charge in [-0.05, 0) is 31.4 Å². The van der Waals surface area contributed by atoms with Crippen LogP contribution < -0.4 is 5.73 Å². The summed E-state index contributed by atoms with van der Waals surface area (Å²) in [6, 6.07) is 1.90. The molecular weight excluding hydrogens is 146 g/mol. The van der Waals surface area contributed by atoms with Crippen molar-refractivity contribution in [3.63, 3.8) is 0 Å². The summed E-state index contributed by atoms with van der Waals surface area (Å²) in [5, 5.41) is 0.873. The zero-order valence-corrected chi connectivity index (χ0v) is 6.77. The highest BCUT2D eigenvalue weighted by atomic mass is 32.1. The summed E-state index contributed by atoms with van der Waals surface area (Å²) in [6.07, 6.45) is 0. The number of amidine groups is 1. The van der Waals surface area contributed by atoms with Gasteiger partial charge in [-0.2, -0.15) is 4.37 Å². The molecular formula is C6H9N3S. The summed E-state index contributed by atoms with van der Waals surface area (Å²) in [7, 11) is 0. The van der Waals surface area contributed by atoms with Crippen LogP contribution in [0.4, 0.5) is 5.00 Å². The number of nitrogens with two attached hydrogens (primary N) is 1. The number of nitrogens with zero attached hydrogens (tertiary/aromatic N) is 2. The summed E-state index contributed by atoms with van der Waals surface area (Å²) in [5.41, 5.74) is 6.35. The van der Waals surface area contributed by atoms with E-state index in [1.807, 2.05) is 13.0 Å². The van der Waals surface area contributed by atoms with Crippen LogP contribution in [-0.4, -0.2) is 10.2 Å². The Morgan fingerprint density at radius 3 is 2.90 bits per heavy atom. The maximum atomic E-state index is 5.36. The molecule has 0 aliphatic carbocycles. The third-order valence-corrected chi connectivity index (χ3v) is 1.68. The first-order chi connectivity index (χ1) is 4.68. The standard InChI is InChI=1S/C6H9N3S/c1-4-3-6(10-9-4)8-5(2)7/h3H,1-2H3,(H2,7,8). The molecule has 0 radical (unpaired) electrons. The number of aliphatic imine (C=N–C) groups is 1. The molecule has 0 spiro atoms. The van der Waals surface area contributed by atoms with E-state index in [2.05, 4.69) is 9.37 Å². The van der Waals surface area contributed by atoms with Crippen LogP contribution >= 0.6 is 11.5 Å². The molecule has 0 unspecified atom stereocenters. The maximum Gasteiger partial charge on any atom is 0.138 e. The molecule has 0 bridgehead atoms. The van der Waals surface area contributed by atoms with Crippen LogP contribution in [0.3, 0.4) is 0 Å². The van der Waals surface area contributed by atoms with Crippen molar-refractivity contribution in [3.05, 3.63) is 11.8 Å². The average molecular weight is 155 g/mol. The highest BCUT2D eigenvalue weighted by molar-refractivity contribution is 7.09. The molecule has 0 saturated carbocycles. The van der Waals surface area contributed by atoms with Crippen molar-refractivity contribution >= 4 is 22.4 Å². The second-order valence-electron chi connectivity index (χ2n) is 2.06. The van der Waals surface area contributed by atoms with E-state index < -0.39 is 0 Å². The van der Waals surface area contributed by atoms with Crippen LogP contribution in [-0.2, 0) is 0 Å². The van der Waals surface area contributed by atoms with Crippen LogP contribution in [0.5, 0.6) is 0 Å². The van der Waals surface area contributed by atoms with Gasteiger partial charge >= 0.3 is 0 Å². The molecule has 3 nitrogen and oxygen atoms in total. The zero-order valence-electron chi connectivity index (χ0n) is 5.96. The fourth-order valence-electron chi connectivity index (χ4n) is 0.577. The van der Waals surface area contributed by atoms with Crippen molar-refractivity contribution in [2.45, 2.75) is 13.8 Å². The minimum Gasteiger partial charge on any atom is -0.387 e. The molecule has 0 aromatic carbocycles. The van der Waals surface area contributed by atoms with Crippen molar-refractivity contribution in [2.24, 2.45) is 10.7 Å². The van der Waals surface area contributed by atoms with Crippen LogP contribution in [0.15, 0.2) is 11.1 Å². The molecule has 1 heterocycles. The summed E-state index contributed by atoms with van der Waals surface area (Å²) >= 11 is 1.36. The number of aryl methyl sites for hydroxylation is 1. The van der Waals surface area contributed by atoms with E-state index in [0.29, 0.717) is 5.84 Å². The summed E-state index contributed by atoms with van der Waals surface area (Å²) in [5.74, 6) is 0.573.